The van der Waals surface area contributed by atoms with Crippen LogP contribution >= 0.6 is 0 Å². The Morgan fingerprint density at radius 1 is 0.423 bits per heavy atom. The molecule has 2 aliphatic carbocycles. The number of rotatable bonds is 2. The van der Waals surface area contributed by atoms with Gasteiger partial charge < -0.3 is 4.57 Å². The van der Waals surface area contributed by atoms with E-state index in [9.17, 15) is 0 Å². The van der Waals surface area contributed by atoms with Crippen LogP contribution in [0.3, 0.4) is 0 Å². The van der Waals surface area contributed by atoms with Crippen LogP contribution in [-0.4, -0.2) is 13.5 Å². The first-order valence-electron chi connectivity index (χ1n) is 24.9. The second-order valence-electron chi connectivity index (χ2n) is 20.5. The van der Waals surface area contributed by atoms with Crippen molar-refractivity contribution in [3.63, 3.8) is 0 Å². The Labute approximate surface area is 407 Å². The number of benzene rings is 9. The van der Waals surface area contributed by atoms with E-state index < -0.39 is 11.1 Å². The highest BCUT2D eigenvalue weighted by Gasteiger charge is 2.69. The first-order chi connectivity index (χ1) is 35.1. The summed E-state index contributed by atoms with van der Waals surface area (Å²) < 4.78 is 13.1. The molecule has 2 aliphatic heterocycles. The van der Waals surface area contributed by atoms with Gasteiger partial charge in [0.05, 0.1) is 33.6 Å². The second-order valence-corrected chi connectivity index (χ2v) is 20.5. The summed E-state index contributed by atoms with van der Waals surface area (Å²) in [5, 5.41) is 8.89. The molecule has 0 N–H and O–H groups in total. The molecule has 1 unspecified atom stereocenters. The summed E-state index contributed by atoms with van der Waals surface area (Å²) in [6.07, 6.45) is 4.92. The number of hydrogen-bond acceptors (Lipinski definition) is 0. The van der Waals surface area contributed by atoms with E-state index in [0.29, 0.717) is 0 Å². The van der Waals surface area contributed by atoms with Crippen molar-refractivity contribution in [1.29, 1.82) is 0 Å². The smallest absolute Gasteiger partial charge is 0.309 e. The van der Waals surface area contributed by atoms with Gasteiger partial charge in [-0.3, -0.25) is 0 Å². The number of imidazole rings is 1. The Kier molecular flexibility index (Phi) is 6.35. The van der Waals surface area contributed by atoms with Crippen LogP contribution < -0.4 is 9.13 Å². The van der Waals surface area contributed by atoms with E-state index in [0.717, 1.165) is 11.5 Å². The zero-order valence-electron chi connectivity index (χ0n) is 38.9. The number of aryl methyl sites for hydroxylation is 2. The predicted molar refractivity (Wildman–Crippen MR) is 285 cm³/mol. The van der Waals surface area contributed by atoms with Crippen molar-refractivity contribution in [1.82, 2.24) is 13.5 Å². The highest BCUT2D eigenvalue weighted by Crippen LogP contribution is 2.65. The van der Waals surface area contributed by atoms with Crippen LogP contribution in [0, 0.1) is 13.8 Å². The van der Waals surface area contributed by atoms with Gasteiger partial charge in [-0.15, -0.1) is 0 Å². The SMILES string of the molecule is Cc1cccc(C)c1-c1c[n+]2c3c4c5c(ccc4c4cc6c7ccccc7n(-c7ccccc7)c6cc4n13)C1(c3ccccc3-c3ccccc31)c1ccc3c4ccccc4n4c3c1C52[n+]1ccccc1-4. The first kappa shape index (κ1) is 36.9. The molecule has 4 aliphatic rings. The molecule has 9 aromatic carbocycles. The number of nitrogens with zero attached hydrogens (tertiary/aromatic N) is 5. The summed E-state index contributed by atoms with van der Waals surface area (Å²) in [5.41, 5.74) is 22.8. The Morgan fingerprint density at radius 3 is 1.80 bits per heavy atom. The molecule has 71 heavy (non-hydrogen) atoms. The molecule has 5 heteroatoms. The molecule has 5 aromatic heterocycles. The van der Waals surface area contributed by atoms with Crippen LogP contribution in [0.4, 0.5) is 0 Å². The molecule has 1 atom stereocenters. The van der Waals surface area contributed by atoms with E-state index in [2.05, 4.69) is 249 Å². The molecule has 5 nitrogen and oxygen atoms in total. The number of hydrogen-bond donors (Lipinski definition) is 0. The molecular formula is C66H41N5+2. The number of fused-ring (bicyclic) bond motifs is 18. The molecule has 328 valence electrons. The molecule has 0 amide bonds. The van der Waals surface area contributed by atoms with E-state index in [-0.39, 0.29) is 0 Å². The van der Waals surface area contributed by atoms with Gasteiger partial charge in [-0.05, 0) is 107 Å². The Balaban J connectivity index is 1.14. The summed E-state index contributed by atoms with van der Waals surface area (Å²) in [4.78, 5) is 0. The van der Waals surface area contributed by atoms with Crippen LogP contribution in [0.25, 0.3) is 105 Å². The minimum Gasteiger partial charge on any atom is -0.309 e. The van der Waals surface area contributed by atoms with Crippen molar-refractivity contribution in [2.45, 2.75) is 24.9 Å². The van der Waals surface area contributed by atoms with Crippen molar-refractivity contribution in [3.8, 4) is 33.9 Å². The summed E-state index contributed by atoms with van der Waals surface area (Å²) in [5.74, 6) is 1.15. The maximum Gasteiger partial charge on any atom is 0.311 e. The highest BCUT2D eigenvalue weighted by atomic mass is 15.4. The van der Waals surface area contributed by atoms with Gasteiger partial charge in [-0.1, -0.05) is 140 Å². The average Bonchev–Trinajstić information content (AvgIpc) is 4.22. The van der Waals surface area contributed by atoms with Crippen molar-refractivity contribution < 1.29 is 9.13 Å². The zero-order valence-corrected chi connectivity index (χ0v) is 38.9. The normalized spacial score (nSPS) is 16.2. The average molecular weight is 904 g/mol. The quantitative estimate of drug-likeness (QED) is 0.122. The van der Waals surface area contributed by atoms with Gasteiger partial charge >= 0.3 is 5.66 Å². The third kappa shape index (κ3) is 3.87. The van der Waals surface area contributed by atoms with Crippen LogP contribution in [0.2, 0.25) is 0 Å². The fourth-order valence-electron chi connectivity index (χ4n) is 15.1. The fourth-order valence-corrected chi connectivity index (χ4v) is 15.1. The summed E-state index contributed by atoms with van der Waals surface area (Å²) in [6.45, 7) is 4.57. The number of pyridine rings is 2. The van der Waals surface area contributed by atoms with E-state index in [4.69, 9.17) is 0 Å². The highest BCUT2D eigenvalue weighted by molar-refractivity contribution is 6.22. The lowest BCUT2D eigenvalue weighted by molar-refractivity contribution is -0.956. The van der Waals surface area contributed by atoms with Gasteiger partial charge in [0, 0.05) is 55.7 Å². The lowest BCUT2D eigenvalue weighted by atomic mass is 9.58. The van der Waals surface area contributed by atoms with Crippen molar-refractivity contribution >= 4 is 70.9 Å². The molecule has 18 rings (SSSR count). The second kappa shape index (κ2) is 12.2. The lowest BCUT2D eigenvalue weighted by Crippen LogP contribution is -2.76. The summed E-state index contributed by atoms with van der Waals surface area (Å²) in [6, 6.07) is 76.1. The minimum absolute atomic E-state index is 0.601. The molecule has 14 aromatic rings. The molecular weight excluding hydrogens is 863 g/mol. The molecule has 0 fully saturated rings. The van der Waals surface area contributed by atoms with E-state index in [1.165, 1.54) is 138 Å². The summed E-state index contributed by atoms with van der Waals surface area (Å²) in [7, 11) is 0. The zero-order chi connectivity index (χ0) is 46.2. The third-order valence-corrected chi connectivity index (χ3v) is 17.5. The van der Waals surface area contributed by atoms with Gasteiger partial charge in [0.15, 0.2) is 11.2 Å². The maximum absolute atomic E-state index is 2.73. The fraction of sp³-hybridized carbons (Fsp3) is 0.0606. The third-order valence-electron chi connectivity index (χ3n) is 17.5. The molecule has 0 saturated carbocycles. The largest absolute Gasteiger partial charge is 0.311 e. The molecule has 0 radical (unpaired) electrons. The van der Waals surface area contributed by atoms with Gasteiger partial charge in [0.2, 0.25) is 0 Å². The predicted octanol–water partition coefficient (Wildman–Crippen LogP) is 13.9. The first-order valence-corrected chi connectivity index (χ1v) is 24.9. The molecule has 0 saturated heterocycles. The summed E-state index contributed by atoms with van der Waals surface area (Å²) >= 11 is 0. The van der Waals surface area contributed by atoms with Crippen LogP contribution in [0.5, 0.6) is 0 Å². The molecule has 0 bridgehead atoms. The monoisotopic (exact) mass is 903 g/mol. The minimum atomic E-state index is -0.812. The van der Waals surface area contributed by atoms with E-state index >= 15 is 0 Å². The van der Waals surface area contributed by atoms with Crippen LogP contribution in [0.15, 0.2) is 213 Å². The van der Waals surface area contributed by atoms with Crippen molar-refractivity contribution in [2.24, 2.45) is 0 Å². The van der Waals surface area contributed by atoms with Gasteiger partial charge in [0.25, 0.3) is 11.5 Å². The van der Waals surface area contributed by atoms with Gasteiger partial charge in [-0.2, -0.15) is 18.1 Å². The van der Waals surface area contributed by atoms with E-state index in [1.807, 2.05) is 0 Å². The van der Waals surface area contributed by atoms with Gasteiger partial charge in [0.1, 0.15) is 22.8 Å². The van der Waals surface area contributed by atoms with Crippen LogP contribution in [0.1, 0.15) is 44.5 Å². The standard InChI is InChI=1S/C66H41N5/c1-38-17-16-18-39(2)59(38)57-37-68-64-60-45(48-35-47-44-24-9-12-27-53(44)69(40-19-4-3-5-20-40)55(47)36-56(48)70(57)64)30-32-51-61(60)66(68)62-52(65(51)49-25-10-6-21-41(49)42-22-7-11-26-50(42)65)33-31-46-43-23-8-13-28-54(43)71(63(46)62)58-29-14-15-34-67(58)66/h3-37H,1-2H3/q+2. The Morgan fingerprint density at radius 2 is 1.04 bits per heavy atom. The van der Waals surface area contributed by atoms with E-state index in [1.54, 1.807) is 0 Å². The Hall–Kier alpha value is -9.06. The Bertz CT molecular complexity index is 4780. The maximum atomic E-state index is 2.73. The lowest BCUT2D eigenvalue weighted by Gasteiger charge is -2.45. The number of aromatic nitrogens is 5. The van der Waals surface area contributed by atoms with Crippen LogP contribution in [-0.2, 0) is 11.1 Å². The molecule has 2 spiro atoms. The molecule has 7 heterocycles. The topological polar surface area (TPSA) is 22.0 Å². The van der Waals surface area contributed by atoms with Crippen molar-refractivity contribution in [3.05, 3.63) is 257 Å². The number of para-hydroxylation sites is 3. The van der Waals surface area contributed by atoms with Crippen molar-refractivity contribution in [2.75, 3.05) is 0 Å². The van der Waals surface area contributed by atoms with Gasteiger partial charge in [-0.25, -0.2) is 0 Å².